The third kappa shape index (κ3) is 4.10. The molecular formula is C29H27O4P. The van der Waals surface area contributed by atoms with Crippen LogP contribution < -0.4 is 30.1 Å². The molecule has 172 valence electrons. The van der Waals surface area contributed by atoms with Gasteiger partial charge in [-0.15, -0.1) is 0 Å². The maximum atomic E-state index is 15.1. The number of benzene rings is 4. The molecule has 34 heavy (non-hydrogen) atoms. The molecule has 4 aromatic carbocycles. The molecule has 0 radical (unpaired) electrons. The molecule has 0 N–H and O–H groups in total. The highest BCUT2D eigenvalue weighted by Crippen LogP contribution is 2.51. The summed E-state index contributed by atoms with van der Waals surface area (Å²) in [5.74, 6) is 1.32. The van der Waals surface area contributed by atoms with Crippen LogP contribution in [-0.2, 0) is 4.57 Å². The summed E-state index contributed by atoms with van der Waals surface area (Å²) in [6.45, 7) is 7.74. The van der Waals surface area contributed by atoms with E-state index in [0.717, 1.165) is 21.7 Å². The van der Waals surface area contributed by atoms with Crippen LogP contribution in [-0.4, -0.2) is 5.79 Å². The molecule has 0 bridgehead atoms. The zero-order valence-electron chi connectivity index (χ0n) is 19.7. The number of ether oxygens (including phenoxy) is 3. The van der Waals surface area contributed by atoms with Gasteiger partial charge in [0, 0.05) is 29.8 Å². The van der Waals surface area contributed by atoms with Gasteiger partial charge in [-0.1, -0.05) is 77.9 Å². The van der Waals surface area contributed by atoms with Crippen LogP contribution in [0.5, 0.6) is 23.0 Å². The van der Waals surface area contributed by atoms with Gasteiger partial charge >= 0.3 is 0 Å². The maximum absolute atomic E-state index is 15.1. The van der Waals surface area contributed by atoms with Gasteiger partial charge in [-0.05, 0) is 38.1 Å². The van der Waals surface area contributed by atoms with Gasteiger partial charge in [0.25, 0.3) is 0 Å². The zero-order valence-corrected chi connectivity index (χ0v) is 20.6. The topological polar surface area (TPSA) is 44.8 Å². The first kappa shape index (κ1) is 22.3. The molecule has 4 nitrogen and oxygen atoms in total. The predicted molar refractivity (Wildman–Crippen MR) is 137 cm³/mol. The standard InChI is InChI=1S/C29H27O4P/c1-20-10-14-23(15-11-20)34(30,24-16-12-21(2)13-17-24)25-18-26(31-22-8-6-5-7-9-22)28-27(19-25)32-29(3,4)33-28/h5-19H,1-4H3. The van der Waals surface area contributed by atoms with Crippen molar-refractivity contribution in [3.63, 3.8) is 0 Å². The lowest BCUT2D eigenvalue weighted by Crippen LogP contribution is -2.29. The molecule has 0 atom stereocenters. The van der Waals surface area contributed by atoms with Crippen LogP contribution in [0.1, 0.15) is 25.0 Å². The summed E-state index contributed by atoms with van der Waals surface area (Å²) in [6.07, 6.45) is 0. The van der Waals surface area contributed by atoms with E-state index in [1.807, 2.05) is 119 Å². The molecule has 4 aromatic rings. The summed E-state index contributed by atoms with van der Waals surface area (Å²) in [7, 11) is -3.24. The molecule has 0 saturated heterocycles. The Balaban J connectivity index is 1.73. The first-order valence-electron chi connectivity index (χ1n) is 11.3. The predicted octanol–water partition coefficient (Wildman–Crippen LogP) is 6.24. The molecule has 1 aliphatic heterocycles. The largest absolute Gasteiger partial charge is 0.453 e. The van der Waals surface area contributed by atoms with Crippen LogP contribution in [0.4, 0.5) is 0 Å². The molecule has 5 heteroatoms. The van der Waals surface area contributed by atoms with Gasteiger partial charge in [-0.3, -0.25) is 0 Å². The normalized spacial score (nSPS) is 14.1. The number of aryl methyl sites for hydroxylation is 2. The van der Waals surface area contributed by atoms with Crippen LogP contribution in [0.25, 0.3) is 0 Å². The number of para-hydroxylation sites is 1. The third-order valence-electron chi connectivity index (χ3n) is 5.84. The van der Waals surface area contributed by atoms with Gasteiger partial charge in [0.05, 0.1) is 0 Å². The first-order valence-corrected chi connectivity index (χ1v) is 13.0. The van der Waals surface area contributed by atoms with E-state index in [9.17, 15) is 0 Å². The van der Waals surface area contributed by atoms with E-state index in [1.165, 1.54) is 0 Å². The Morgan fingerprint density at radius 1 is 0.706 bits per heavy atom. The van der Waals surface area contributed by atoms with Crippen molar-refractivity contribution in [3.05, 3.63) is 102 Å². The minimum absolute atomic E-state index is 0.476. The monoisotopic (exact) mass is 470 g/mol. The van der Waals surface area contributed by atoms with Crippen molar-refractivity contribution in [2.45, 2.75) is 33.5 Å². The van der Waals surface area contributed by atoms with Crippen molar-refractivity contribution in [1.82, 2.24) is 0 Å². The van der Waals surface area contributed by atoms with Crippen LogP contribution in [0, 0.1) is 13.8 Å². The van der Waals surface area contributed by atoms with Gasteiger partial charge in [0.15, 0.2) is 18.6 Å². The van der Waals surface area contributed by atoms with Gasteiger partial charge < -0.3 is 18.8 Å². The summed E-state index contributed by atoms with van der Waals surface area (Å²) in [4.78, 5) is 0. The quantitative estimate of drug-likeness (QED) is 0.324. The van der Waals surface area contributed by atoms with E-state index in [0.29, 0.717) is 28.3 Å². The molecule has 0 unspecified atom stereocenters. The highest BCUT2D eigenvalue weighted by molar-refractivity contribution is 7.85. The van der Waals surface area contributed by atoms with Crippen molar-refractivity contribution in [2.24, 2.45) is 0 Å². The smallest absolute Gasteiger partial charge is 0.246 e. The summed E-state index contributed by atoms with van der Waals surface area (Å²) in [5.41, 5.74) is 2.22. The van der Waals surface area contributed by atoms with Crippen LogP contribution in [0.3, 0.4) is 0 Å². The molecule has 0 aliphatic carbocycles. The van der Waals surface area contributed by atoms with Gasteiger partial charge in [-0.2, -0.15) is 0 Å². The zero-order chi connectivity index (χ0) is 23.9. The second-order valence-electron chi connectivity index (χ2n) is 9.07. The number of fused-ring (bicyclic) bond motifs is 1. The molecule has 0 amide bonds. The average molecular weight is 471 g/mol. The molecule has 0 spiro atoms. The first-order chi connectivity index (χ1) is 16.2. The lowest BCUT2D eigenvalue weighted by molar-refractivity contribution is -0.0438. The molecule has 0 saturated carbocycles. The van der Waals surface area contributed by atoms with Crippen molar-refractivity contribution in [2.75, 3.05) is 0 Å². The Labute approximate surface area is 200 Å². The fraction of sp³-hybridized carbons (Fsp3) is 0.172. The second-order valence-corrected chi connectivity index (χ2v) is 11.8. The minimum Gasteiger partial charge on any atom is -0.453 e. The minimum atomic E-state index is -3.24. The Kier molecular flexibility index (Phi) is 5.50. The van der Waals surface area contributed by atoms with Crippen LogP contribution >= 0.6 is 7.14 Å². The lowest BCUT2D eigenvalue weighted by atomic mass is 10.2. The fourth-order valence-electron chi connectivity index (χ4n) is 4.10. The van der Waals surface area contributed by atoms with E-state index >= 15 is 4.57 Å². The lowest BCUT2D eigenvalue weighted by Gasteiger charge is -2.21. The summed E-state index contributed by atoms with van der Waals surface area (Å²) < 4.78 is 33.5. The second kappa shape index (κ2) is 8.38. The van der Waals surface area contributed by atoms with Crippen molar-refractivity contribution < 1.29 is 18.8 Å². The molecule has 5 rings (SSSR count). The number of hydrogen-bond acceptors (Lipinski definition) is 4. The van der Waals surface area contributed by atoms with E-state index < -0.39 is 12.9 Å². The maximum Gasteiger partial charge on any atom is 0.246 e. The van der Waals surface area contributed by atoms with Gasteiger partial charge in [-0.25, -0.2) is 0 Å². The number of hydrogen-bond donors (Lipinski definition) is 0. The molecule has 1 aliphatic rings. The van der Waals surface area contributed by atoms with E-state index in [1.54, 1.807) is 0 Å². The van der Waals surface area contributed by atoms with Crippen molar-refractivity contribution in [1.29, 1.82) is 0 Å². The van der Waals surface area contributed by atoms with Gasteiger partial charge in [0.2, 0.25) is 11.5 Å². The van der Waals surface area contributed by atoms with Gasteiger partial charge in [0.1, 0.15) is 5.75 Å². The van der Waals surface area contributed by atoms with Crippen molar-refractivity contribution in [3.8, 4) is 23.0 Å². The van der Waals surface area contributed by atoms with Crippen LogP contribution in [0.15, 0.2) is 91.0 Å². The van der Waals surface area contributed by atoms with Crippen LogP contribution in [0.2, 0.25) is 0 Å². The Hall–Kier alpha value is -3.49. The highest BCUT2D eigenvalue weighted by atomic mass is 31.2. The fourth-order valence-corrected chi connectivity index (χ4v) is 6.73. The number of rotatable bonds is 5. The Bertz CT molecular complexity index is 1330. The summed E-state index contributed by atoms with van der Waals surface area (Å²) >= 11 is 0. The highest BCUT2D eigenvalue weighted by Gasteiger charge is 2.38. The molecule has 0 aromatic heterocycles. The Morgan fingerprint density at radius 3 is 1.82 bits per heavy atom. The molecule has 0 fully saturated rings. The molecule has 1 heterocycles. The van der Waals surface area contributed by atoms with Crippen molar-refractivity contribution >= 4 is 23.1 Å². The third-order valence-corrected chi connectivity index (χ3v) is 8.88. The average Bonchev–Trinajstić information content (AvgIpc) is 3.14. The Morgan fingerprint density at radius 2 is 1.26 bits per heavy atom. The van der Waals surface area contributed by atoms with E-state index in [-0.39, 0.29) is 0 Å². The van der Waals surface area contributed by atoms with E-state index in [4.69, 9.17) is 14.2 Å². The van der Waals surface area contributed by atoms with E-state index in [2.05, 4.69) is 0 Å². The SMILES string of the molecule is Cc1ccc(P(=O)(c2ccc(C)cc2)c2cc(Oc3ccccc3)c3c(c2)OC(C)(C)O3)cc1. The molecular weight excluding hydrogens is 443 g/mol. The summed E-state index contributed by atoms with van der Waals surface area (Å²) in [5, 5.41) is 2.14. The summed E-state index contributed by atoms with van der Waals surface area (Å²) in [6, 6.07) is 28.9.